The van der Waals surface area contributed by atoms with Crippen molar-refractivity contribution in [3.8, 4) is 0 Å². The summed E-state index contributed by atoms with van der Waals surface area (Å²) in [5.74, 6) is 1.54. The van der Waals surface area contributed by atoms with Gasteiger partial charge in [-0.05, 0) is 24.5 Å². The van der Waals surface area contributed by atoms with Crippen molar-refractivity contribution >= 4 is 11.0 Å². The molecular weight excluding hydrogens is 186 g/mol. The third-order valence-corrected chi connectivity index (χ3v) is 2.86. The average molecular weight is 203 g/mol. The van der Waals surface area contributed by atoms with E-state index in [1.54, 1.807) is 0 Å². The Labute approximate surface area is 90.3 Å². The fourth-order valence-corrected chi connectivity index (χ4v) is 1.85. The van der Waals surface area contributed by atoms with E-state index in [1.165, 1.54) is 10.9 Å². The molecule has 2 aromatic heterocycles. The summed E-state index contributed by atoms with van der Waals surface area (Å²) in [4.78, 5) is 4.40. The summed E-state index contributed by atoms with van der Waals surface area (Å²) < 4.78 is 5.72. The second-order valence-corrected chi connectivity index (χ2v) is 4.26. The Kier molecular flexibility index (Phi) is 2.51. The molecule has 0 aliphatic heterocycles. The highest BCUT2D eigenvalue weighted by atomic mass is 16.3. The molecule has 0 atom stereocenters. The van der Waals surface area contributed by atoms with Crippen molar-refractivity contribution in [1.82, 2.24) is 4.98 Å². The van der Waals surface area contributed by atoms with Gasteiger partial charge < -0.3 is 4.42 Å². The molecule has 0 amide bonds. The van der Waals surface area contributed by atoms with Gasteiger partial charge in [0, 0.05) is 17.5 Å². The van der Waals surface area contributed by atoms with Gasteiger partial charge in [0.05, 0.1) is 6.20 Å². The predicted octanol–water partition coefficient (Wildman–Crippen LogP) is 3.82. The van der Waals surface area contributed by atoms with Gasteiger partial charge >= 0.3 is 0 Å². The van der Waals surface area contributed by atoms with Crippen LogP contribution in [0.15, 0.2) is 16.7 Å². The molecule has 2 aromatic rings. The summed E-state index contributed by atoms with van der Waals surface area (Å²) in [6.07, 6.45) is 2.79. The van der Waals surface area contributed by atoms with Gasteiger partial charge in [-0.2, -0.15) is 0 Å². The molecule has 0 spiro atoms. The lowest BCUT2D eigenvalue weighted by Gasteiger charge is -2.02. The zero-order valence-corrected chi connectivity index (χ0v) is 9.79. The molecule has 80 valence electrons. The third kappa shape index (κ3) is 1.65. The van der Waals surface area contributed by atoms with Gasteiger partial charge in [-0.1, -0.05) is 20.8 Å². The summed E-state index contributed by atoms with van der Waals surface area (Å²) in [7, 11) is 0. The van der Waals surface area contributed by atoms with Crippen LogP contribution in [-0.2, 0) is 6.42 Å². The van der Waals surface area contributed by atoms with Crippen LogP contribution in [0.4, 0.5) is 0 Å². The maximum absolute atomic E-state index is 5.72. The Hall–Kier alpha value is -1.31. The minimum Gasteiger partial charge on any atom is -0.459 e. The van der Waals surface area contributed by atoms with Crippen molar-refractivity contribution in [2.75, 3.05) is 0 Å². The van der Waals surface area contributed by atoms with E-state index in [9.17, 15) is 0 Å². The molecule has 0 bridgehead atoms. The van der Waals surface area contributed by atoms with Gasteiger partial charge in [-0.15, -0.1) is 0 Å². The summed E-state index contributed by atoms with van der Waals surface area (Å²) >= 11 is 0. The maximum atomic E-state index is 5.72. The van der Waals surface area contributed by atoms with E-state index in [0.717, 1.165) is 23.5 Å². The molecule has 0 saturated carbocycles. The number of hydrogen-bond acceptors (Lipinski definition) is 2. The van der Waals surface area contributed by atoms with Crippen LogP contribution in [0.2, 0.25) is 0 Å². The lowest BCUT2D eigenvalue weighted by Crippen LogP contribution is -1.90. The van der Waals surface area contributed by atoms with Crippen molar-refractivity contribution in [1.29, 1.82) is 0 Å². The Balaban J connectivity index is 2.65. The lowest BCUT2D eigenvalue weighted by atomic mass is 10.1. The number of aryl methyl sites for hydroxylation is 2. The van der Waals surface area contributed by atoms with E-state index >= 15 is 0 Å². The second kappa shape index (κ2) is 3.69. The van der Waals surface area contributed by atoms with Crippen LogP contribution < -0.4 is 0 Å². The first-order valence-corrected chi connectivity index (χ1v) is 5.51. The van der Waals surface area contributed by atoms with E-state index < -0.39 is 0 Å². The van der Waals surface area contributed by atoms with Crippen LogP contribution >= 0.6 is 0 Å². The van der Waals surface area contributed by atoms with Crippen molar-refractivity contribution in [3.05, 3.63) is 29.3 Å². The van der Waals surface area contributed by atoms with E-state index in [2.05, 4.69) is 38.7 Å². The topological polar surface area (TPSA) is 26.0 Å². The molecule has 2 heteroatoms. The second-order valence-electron chi connectivity index (χ2n) is 4.26. The summed E-state index contributed by atoms with van der Waals surface area (Å²) in [5, 5.41) is 1.21. The standard InChI is InChI=1S/C13H17NO/c1-5-12-9(4)10-6-11(8(2)3)14-7-13(10)15-12/h6-8H,5H2,1-4H3. The highest BCUT2D eigenvalue weighted by molar-refractivity contribution is 5.81. The Morgan fingerprint density at radius 2 is 2.13 bits per heavy atom. The predicted molar refractivity (Wildman–Crippen MR) is 62.2 cm³/mol. The molecule has 0 fully saturated rings. The van der Waals surface area contributed by atoms with Crippen molar-refractivity contribution in [2.24, 2.45) is 0 Å². The number of pyridine rings is 1. The highest BCUT2D eigenvalue weighted by Crippen LogP contribution is 2.27. The normalized spacial score (nSPS) is 11.5. The average Bonchev–Trinajstić information content (AvgIpc) is 2.55. The van der Waals surface area contributed by atoms with Gasteiger partial charge in [0.25, 0.3) is 0 Å². The molecule has 2 heterocycles. The Bertz CT molecular complexity index is 482. The molecular formula is C13H17NO. The quantitative estimate of drug-likeness (QED) is 0.741. The summed E-state index contributed by atoms with van der Waals surface area (Å²) in [6.45, 7) is 8.55. The maximum Gasteiger partial charge on any atom is 0.152 e. The molecule has 0 saturated heterocycles. The number of nitrogens with zero attached hydrogens (tertiary/aromatic N) is 1. The molecule has 0 aromatic carbocycles. The van der Waals surface area contributed by atoms with Crippen LogP contribution in [0.3, 0.4) is 0 Å². The molecule has 2 nitrogen and oxygen atoms in total. The minimum atomic E-state index is 0.466. The fraction of sp³-hybridized carbons (Fsp3) is 0.462. The molecule has 0 radical (unpaired) electrons. The molecule has 0 aliphatic rings. The molecule has 0 aliphatic carbocycles. The van der Waals surface area contributed by atoms with Crippen LogP contribution in [-0.4, -0.2) is 4.98 Å². The third-order valence-electron chi connectivity index (χ3n) is 2.86. The van der Waals surface area contributed by atoms with E-state index in [4.69, 9.17) is 4.42 Å². The van der Waals surface area contributed by atoms with Gasteiger partial charge in [0.2, 0.25) is 0 Å². The number of aromatic nitrogens is 1. The summed E-state index contributed by atoms with van der Waals surface area (Å²) in [6, 6.07) is 2.15. The van der Waals surface area contributed by atoms with Crippen LogP contribution in [0, 0.1) is 6.92 Å². The minimum absolute atomic E-state index is 0.466. The van der Waals surface area contributed by atoms with E-state index in [0.29, 0.717) is 5.92 Å². The first kappa shape index (κ1) is 10.2. The zero-order valence-electron chi connectivity index (χ0n) is 9.79. The monoisotopic (exact) mass is 203 g/mol. The van der Waals surface area contributed by atoms with Gasteiger partial charge in [-0.3, -0.25) is 4.98 Å². The zero-order chi connectivity index (χ0) is 11.0. The van der Waals surface area contributed by atoms with Crippen molar-refractivity contribution in [2.45, 2.75) is 40.0 Å². The molecule has 15 heavy (non-hydrogen) atoms. The highest BCUT2D eigenvalue weighted by Gasteiger charge is 2.11. The smallest absolute Gasteiger partial charge is 0.152 e. The number of furan rings is 1. The number of fused-ring (bicyclic) bond motifs is 1. The largest absolute Gasteiger partial charge is 0.459 e. The van der Waals surface area contributed by atoms with Crippen molar-refractivity contribution in [3.63, 3.8) is 0 Å². The lowest BCUT2D eigenvalue weighted by molar-refractivity contribution is 0.552. The van der Waals surface area contributed by atoms with Gasteiger partial charge in [0.15, 0.2) is 5.58 Å². The van der Waals surface area contributed by atoms with Crippen LogP contribution in [0.25, 0.3) is 11.0 Å². The first-order valence-electron chi connectivity index (χ1n) is 5.51. The Morgan fingerprint density at radius 1 is 1.40 bits per heavy atom. The molecule has 2 rings (SSSR count). The summed E-state index contributed by atoms with van der Waals surface area (Å²) in [5.41, 5.74) is 3.31. The fourth-order valence-electron chi connectivity index (χ4n) is 1.85. The molecule has 0 unspecified atom stereocenters. The van der Waals surface area contributed by atoms with Crippen LogP contribution in [0.1, 0.15) is 43.7 Å². The van der Waals surface area contributed by atoms with E-state index in [-0.39, 0.29) is 0 Å². The number of hydrogen-bond donors (Lipinski definition) is 0. The number of rotatable bonds is 2. The van der Waals surface area contributed by atoms with Gasteiger partial charge in [-0.25, -0.2) is 0 Å². The first-order chi connectivity index (χ1) is 7.13. The van der Waals surface area contributed by atoms with Gasteiger partial charge in [0.1, 0.15) is 5.76 Å². The molecule has 0 N–H and O–H groups in total. The van der Waals surface area contributed by atoms with E-state index in [1.807, 2.05) is 6.20 Å². The van der Waals surface area contributed by atoms with Crippen molar-refractivity contribution < 1.29 is 4.42 Å². The SMILES string of the molecule is CCc1oc2cnc(C(C)C)cc2c1C. The Morgan fingerprint density at radius 3 is 2.73 bits per heavy atom. The van der Waals surface area contributed by atoms with Crippen LogP contribution in [0.5, 0.6) is 0 Å².